The van der Waals surface area contributed by atoms with Crippen LogP contribution in [-0.2, 0) is 6.54 Å². The second-order valence-electron chi connectivity index (χ2n) is 4.46. The molecule has 1 N–H and O–H groups in total. The number of ether oxygens (including phenoxy) is 1. The molecule has 3 rings (SSSR count). The summed E-state index contributed by atoms with van der Waals surface area (Å²) in [6, 6.07) is 13.8. The van der Waals surface area contributed by atoms with Gasteiger partial charge >= 0.3 is 0 Å². The van der Waals surface area contributed by atoms with Crippen molar-refractivity contribution in [3.05, 3.63) is 60.4 Å². The summed E-state index contributed by atoms with van der Waals surface area (Å²) >= 11 is 0. The maximum atomic E-state index is 5.86. The molecule has 2 aromatic heterocycles. The Morgan fingerprint density at radius 1 is 1.10 bits per heavy atom. The molecule has 3 aromatic rings. The van der Waals surface area contributed by atoms with E-state index in [2.05, 4.69) is 15.3 Å². The predicted molar refractivity (Wildman–Crippen MR) is 78.8 cm³/mol. The molecule has 4 nitrogen and oxygen atoms in total. The normalized spacial score (nSPS) is 10.7. The Balaban J connectivity index is 1.93. The lowest BCUT2D eigenvalue weighted by molar-refractivity contribution is 0.453. The number of fused-ring (bicyclic) bond motifs is 1. The van der Waals surface area contributed by atoms with Gasteiger partial charge < -0.3 is 10.1 Å². The molecule has 20 heavy (non-hydrogen) atoms. The summed E-state index contributed by atoms with van der Waals surface area (Å²) < 4.78 is 5.86. The van der Waals surface area contributed by atoms with E-state index in [0.29, 0.717) is 18.2 Å². The number of rotatable bonds is 4. The number of aromatic nitrogens is 2. The highest BCUT2D eigenvalue weighted by atomic mass is 16.5. The summed E-state index contributed by atoms with van der Waals surface area (Å²) in [5.74, 6) is 1.30. The summed E-state index contributed by atoms with van der Waals surface area (Å²) in [4.78, 5) is 8.67. The lowest BCUT2D eigenvalue weighted by Crippen LogP contribution is -2.07. The van der Waals surface area contributed by atoms with Crippen LogP contribution < -0.4 is 10.1 Å². The second-order valence-corrected chi connectivity index (χ2v) is 4.46. The van der Waals surface area contributed by atoms with Gasteiger partial charge in [0, 0.05) is 23.7 Å². The standard InChI is InChI=1S/C16H15N3O/c1-17-10-13-6-4-8-18-16(13)20-14-9-12-5-2-3-7-15(12)19-11-14/h2-9,11,17H,10H2,1H3. The summed E-state index contributed by atoms with van der Waals surface area (Å²) in [5, 5.41) is 4.16. The van der Waals surface area contributed by atoms with E-state index in [-0.39, 0.29) is 0 Å². The highest BCUT2D eigenvalue weighted by Gasteiger charge is 2.06. The summed E-state index contributed by atoms with van der Waals surface area (Å²) in [5.41, 5.74) is 1.97. The summed E-state index contributed by atoms with van der Waals surface area (Å²) in [7, 11) is 1.90. The van der Waals surface area contributed by atoms with Crippen molar-refractivity contribution in [2.45, 2.75) is 6.54 Å². The van der Waals surface area contributed by atoms with Gasteiger partial charge in [0.05, 0.1) is 11.7 Å². The molecular weight excluding hydrogens is 250 g/mol. The molecule has 0 unspecified atom stereocenters. The molecule has 0 aliphatic heterocycles. The van der Waals surface area contributed by atoms with Crippen molar-refractivity contribution >= 4 is 10.9 Å². The average Bonchev–Trinajstić information content (AvgIpc) is 2.49. The van der Waals surface area contributed by atoms with Crippen LogP contribution in [0.4, 0.5) is 0 Å². The van der Waals surface area contributed by atoms with Crippen molar-refractivity contribution in [1.82, 2.24) is 15.3 Å². The van der Waals surface area contributed by atoms with Gasteiger partial charge in [0.15, 0.2) is 0 Å². The molecule has 4 heteroatoms. The van der Waals surface area contributed by atoms with Crippen LogP contribution in [0.5, 0.6) is 11.6 Å². The van der Waals surface area contributed by atoms with Gasteiger partial charge in [0.1, 0.15) is 5.75 Å². The minimum absolute atomic E-state index is 0.610. The van der Waals surface area contributed by atoms with E-state index in [9.17, 15) is 0 Å². The van der Waals surface area contributed by atoms with Crippen LogP contribution >= 0.6 is 0 Å². The van der Waals surface area contributed by atoms with Crippen LogP contribution in [0.1, 0.15) is 5.56 Å². The first kappa shape index (κ1) is 12.6. The molecule has 0 aliphatic rings. The maximum absolute atomic E-state index is 5.86. The molecule has 0 fully saturated rings. The summed E-state index contributed by atoms with van der Waals surface area (Å²) in [6.07, 6.45) is 3.45. The Bertz CT molecular complexity index is 727. The van der Waals surface area contributed by atoms with Crippen molar-refractivity contribution < 1.29 is 4.74 Å². The first-order valence-electron chi connectivity index (χ1n) is 6.48. The zero-order chi connectivity index (χ0) is 13.8. The topological polar surface area (TPSA) is 47.0 Å². The number of nitrogens with one attached hydrogen (secondary N) is 1. The lowest BCUT2D eigenvalue weighted by atomic mass is 10.2. The molecule has 0 atom stereocenters. The van der Waals surface area contributed by atoms with Gasteiger partial charge in [-0.3, -0.25) is 4.98 Å². The predicted octanol–water partition coefficient (Wildman–Crippen LogP) is 3.14. The molecule has 0 spiro atoms. The van der Waals surface area contributed by atoms with Gasteiger partial charge in [0.25, 0.3) is 0 Å². The Labute approximate surface area is 117 Å². The number of nitrogens with zero attached hydrogens (tertiary/aromatic N) is 2. The van der Waals surface area contributed by atoms with Gasteiger partial charge in [-0.15, -0.1) is 0 Å². The van der Waals surface area contributed by atoms with Crippen LogP contribution in [0.2, 0.25) is 0 Å². The SMILES string of the molecule is CNCc1cccnc1Oc1cnc2ccccc2c1. The first-order valence-corrected chi connectivity index (χ1v) is 6.48. The third kappa shape index (κ3) is 2.60. The van der Waals surface area contributed by atoms with E-state index in [1.807, 2.05) is 49.5 Å². The minimum atomic E-state index is 0.610. The van der Waals surface area contributed by atoms with Gasteiger partial charge in [-0.25, -0.2) is 4.98 Å². The molecule has 1 aromatic carbocycles. The highest BCUT2D eigenvalue weighted by Crippen LogP contribution is 2.24. The molecule has 0 bridgehead atoms. The third-order valence-corrected chi connectivity index (χ3v) is 3.00. The minimum Gasteiger partial charge on any atom is -0.437 e. The lowest BCUT2D eigenvalue weighted by Gasteiger charge is -2.09. The van der Waals surface area contributed by atoms with Crippen LogP contribution in [-0.4, -0.2) is 17.0 Å². The number of hydrogen-bond acceptors (Lipinski definition) is 4. The van der Waals surface area contributed by atoms with Crippen molar-refractivity contribution in [2.75, 3.05) is 7.05 Å². The van der Waals surface area contributed by atoms with E-state index in [4.69, 9.17) is 4.74 Å². The van der Waals surface area contributed by atoms with Crippen LogP contribution in [0.3, 0.4) is 0 Å². The number of hydrogen-bond donors (Lipinski definition) is 1. The average molecular weight is 265 g/mol. The molecule has 0 saturated carbocycles. The third-order valence-electron chi connectivity index (χ3n) is 3.00. The van der Waals surface area contributed by atoms with Crippen LogP contribution in [0.15, 0.2) is 54.9 Å². The van der Waals surface area contributed by atoms with E-state index in [1.165, 1.54) is 0 Å². The molecular formula is C16H15N3O. The Morgan fingerprint density at radius 3 is 2.90 bits per heavy atom. The fourth-order valence-electron chi connectivity index (χ4n) is 2.06. The maximum Gasteiger partial charge on any atom is 0.223 e. The zero-order valence-electron chi connectivity index (χ0n) is 11.2. The molecule has 100 valence electrons. The van der Waals surface area contributed by atoms with Gasteiger partial charge in [-0.2, -0.15) is 0 Å². The van der Waals surface area contributed by atoms with Crippen LogP contribution in [0, 0.1) is 0 Å². The van der Waals surface area contributed by atoms with Crippen molar-refractivity contribution in [3.8, 4) is 11.6 Å². The Morgan fingerprint density at radius 2 is 2.00 bits per heavy atom. The number of benzene rings is 1. The van der Waals surface area contributed by atoms with Gasteiger partial charge in [-0.1, -0.05) is 24.3 Å². The highest BCUT2D eigenvalue weighted by molar-refractivity contribution is 5.79. The fraction of sp³-hybridized carbons (Fsp3) is 0.125. The largest absolute Gasteiger partial charge is 0.437 e. The first-order chi connectivity index (χ1) is 9.86. The van der Waals surface area contributed by atoms with Gasteiger partial charge in [-0.05, 0) is 25.2 Å². The van der Waals surface area contributed by atoms with E-state index in [1.54, 1.807) is 12.4 Å². The fourth-order valence-corrected chi connectivity index (χ4v) is 2.06. The van der Waals surface area contributed by atoms with Crippen molar-refractivity contribution in [3.63, 3.8) is 0 Å². The zero-order valence-corrected chi connectivity index (χ0v) is 11.2. The van der Waals surface area contributed by atoms with Crippen molar-refractivity contribution in [2.24, 2.45) is 0 Å². The monoisotopic (exact) mass is 265 g/mol. The van der Waals surface area contributed by atoms with Crippen molar-refractivity contribution in [1.29, 1.82) is 0 Å². The number of para-hydroxylation sites is 1. The second kappa shape index (κ2) is 5.67. The van der Waals surface area contributed by atoms with E-state index >= 15 is 0 Å². The van der Waals surface area contributed by atoms with E-state index < -0.39 is 0 Å². The molecule has 2 heterocycles. The smallest absolute Gasteiger partial charge is 0.223 e. The molecule has 0 saturated heterocycles. The quantitative estimate of drug-likeness (QED) is 0.787. The Kier molecular flexibility index (Phi) is 3.56. The summed E-state index contributed by atoms with van der Waals surface area (Å²) in [6.45, 7) is 0.712. The number of pyridine rings is 2. The van der Waals surface area contributed by atoms with Crippen LogP contribution in [0.25, 0.3) is 10.9 Å². The molecule has 0 radical (unpaired) electrons. The molecule has 0 amide bonds. The molecule has 0 aliphatic carbocycles. The van der Waals surface area contributed by atoms with E-state index in [0.717, 1.165) is 16.5 Å². The Hall–Kier alpha value is -2.46. The van der Waals surface area contributed by atoms with Gasteiger partial charge in [0.2, 0.25) is 5.88 Å².